The average molecular weight is 286 g/mol. The van der Waals surface area contributed by atoms with Crippen LogP contribution in [0.5, 0.6) is 0 Å². The van der Waals surface area contributed by atoms with Crippen LogP contribution < -0.4 is 0 Å². The van der Waals surface area contributed by atoms with E-state index < -0.39 is 0 Å². The van der Waals surface area contributed by atoms with E-state index in [4.69, 9.17) is 0 Å². The van der Waals surface area contributed by atoms with Gasteiger partial charge in [0, 0.05) is 12.0 Å². The van der Waals surface area contributed by atoms with E-state index in [-0.39, 0.29) is 5.78 Å². The molecule has 0 saturated heterocycles. The first-order valence-corrected chi connectivity index (χ1v) is 7.47. The largest absolute Gasteiger partial charge is 0.294 e. The average Bonchev–Trinajstić information content (AvgIpc) is 2.56. The molecule has 22 heavy (non-hydrogen) atoms. The summed E-state index contributed by atoms with van der Waals surface area (Å²) in [6, 6.07) is 26.0. The predicted octanol–water partition coefficient (Wildman–Crippen LogP) is 5.09. The molecule has 0 fully saturated rings. The number of carbonyl (C=O) groups is 1. The van der Waals surface area contributed by atoms with E-state index >= 15 is 0 Å². The molecule has 0 spiro atoms. The second kappa shape index (κ2) is 6.40. The Morgan fingerprint density at radius 1 is 0.773 bits per heavy atom. The SMILES string of the molecule is Cc1ccccc1-c1ccc(C(=O)Cc2ccccc2)cc1. The molecule has 1 nitrogen and oxygen atoms in total. The summed E-state index contributed by atoms with van der Waals surface area (Å²) in [7, 11) is 0. The third-order valence-electron chi connectivity index (χ3n) is 3.87. The van der Waals surface area contributed by atoms with Gasteiger partial charge in [-0.05, 0) is 29.2 Å². The summed E-state index contributed by atoms with van der Waals surface area (Å²) >= 11 is 0. The van der Waals surface area contributed by atoms with Crippen LogP contribution in [0.4, 0.5) is 0 Å². The van der Waals surface area contributed by atoms with Gasteiger partial charge < -0.3 is 0 Å². The van der Waals surface area contributed by atoms with Crippen molar-refractivity contribution in [3.8, 4) is 11.1 Å². The molecule has 0 bridgehead atoms. The normalized spacial score (nSPS) is 10.4. The summed E-state index contributed by atoms with van der Waals surface area (Å²) in [5.41, 5.74) is 5.42. The van der Waals surface area contributed by atoms with Crippen molar-refractivity contribution in [2.24, 2.45) is 0 Å². The van der Waals surface area contributed by atoms with Crippen molar-refractivity contribution >= 4 is 5.78 Å². The van der Waals surface area contributed by atoms with Crippen molar-refractivity contribution in [2.75, 3.05) is 0 Å². The zero-order valence-electron chi connectivity index (χ0n) is 12.6. The number of hydrogen-bond acceptors (Lipinski definition) is 1. The smallest absolute Gasteiger partial charge is 0.167 e. The van der Waals surface area contributed by atoms with Crippen molar-refractivity contribution in [1.82, 2.24) is 0 Å². The summed E-state index contributed by atoms with van der Waals surface area (Å²) < 4.78 is 0. The summed E-state index contributed by atoms with van der Waals surface area (Å²) in [4.78, 5) is 12.3. The van der Waals surface area contributed by atoms with Crippen LogP contribution in [0.1, 0.15) is 21.5 Å². The molecule has 0 amide bonds. The first-order valence-electron chi connectivity index (χ1n) is 7.47. The quantitative estimate of drug-likeness (QED) is 0.611. The highest BCUT2D eigenvalue weighted by Crippen LogP contribution is 2.23. The second-order valence-electron chi connectivity index (χ2n) is 5.48. The first kappa shape index (κ1) is 14.3. The van der Waals surface area contributed by atoms with Crippen LogP contribution in [-0.4, -0.2) is 5.78 Å². The topological polar surface area (TPSA) is 17.1 Å². The standard InChI is InChI=1S/C21H18O/c1-16-7-5-6-10-20(16)18-11-13-19(14-12-18)21(22)15-17-8-3-2-4-9-17/h2-14H,15H2,1H3. The Balaban J connectivity index is 1.80. The molecule has 0 radical (unpaired) electrons. The molecule has 108 valence electrons. The molecular weight excluding hydrogens is 268 g/mol. The maximum atomic E-state index is 12.3. The first-order chi connectivity index (χ1) is 10.7. The van der Waals surface area contributed by atoms with Crippen LogP contribution in [-0.2, 0) is 6.42 Å². The van der Waals surface area contributed by atoms with Gasteiger partial charge in [-0.15, -0.1) is 0 Å². The van der Waals surface area contributed by atoms with Gasteiger partial charge in [-0.3, -0.25) is 4.79 Å². The molecule has 0 aliphatic heterocycles. The number of Topliss-reactive ketones (excluding diaryl/α,β-unsaturated/α-hetero) is 1. The minimum atomic E-state index is 0.155. The molecule has 0 atom stereocenters. The fraction of sp³-hybridized carbons (Fsp3) is 0.0952. The fourth-order valence-electron chi connectivity index (χ4n) is 2.62. The fourth-order valence-corrected chi connectivity index (χ4v) is 2.62. The third-order valence-corrected chi connectivity index (χ3v) is 3.87. The van der Waals surface area contributed by atoms with Crippen LogP contribution in [0.2, 0.25) is 0 Å². The Kier molecular flexibility index (Phi) is 4.15. The van der Waals surface area contributed by atoms with Gasteiger partial charge in [-0.1, -0.05) is 78.9 Å². The van der Waals surface area contributed by atoms with Crippen LogP contribution in [0.3, 0.4) is 0 Å². The van der Waals surface area contributed by atoms with E-state index in [1.165, 1.54) is 11.1 Å². The lowest BCUT2D eigenvalue weighted by molar-refractivity contribution is 0.0993. The zero-order valence-corrected chi connectivity index (χ0v) is 12.6. The molecule has 1 heteroatoms. The second-order valence-corrected chi connectivity index (χ2v) is 5.48. The van der Waals surface area contributed by atoms with Crippen LogP contribution >= 0.6 is 0 Å². The highest BCUT2D eigenvalue weighted by atomic mass is 16.1. The Morgan fingerprint density at radius 2 is 1.41 bits per heavy atom. The van der Waals surface area contributed by atoms with Gasteiger partial charge >= 0.3 is 0 Å². The molecule has 3 aromatic carbocycles. The number of ketones is 1. The maximum Gasteiger partial charge on any atom is 0.167 e. The number of aryl methyl sites for hydroxylation is 1. The molecule has 0 aliphatic carbocycles. The Bertz CT molecular complexity index is 771. The lowest BCUT2D eigenvalue weighted by Crippen LogP contribution is -2.03. The van der Waals surface area contributed by atoms with Crippen LogP contribution in [0, 0.1) is 6.92 Å². The number of benzene rings is 3. The van der Waals surface area contributed by atoms with Gasteiger partial charge in [0.2, 0.25) is 0 Å². The van der Waals surface area contributed by atoms with Gasteiger partial charge in [-0.25, -0.2) is 0 Å². The lowest BCUT2D eigenvalue weighted by Gasteiger charge is -2.07. The number of rotatable bonds is 4. The van der Waals surface area contributed by atoms with E-state index in [0.717, 1.165) is 16.7 Å². The lowest BCUT2D eigenvalue weighted by atomic mass is 9.97. The van der Waals surface area contributed by atoms with E-state index in [1.54, 1.807) is 0 Å². The zero-order chi connectivity index (χ0) is 15.4. The molecule has 0 aliphatic rings. The minimum Gasteiger partial charge on any atom is -0.294 e. The van der Waals surface area contributed by atoms with E-state index in [0.29, 0.717) is 6.42 Å². The summed E-state index contributed by atoms with van der Waals surface area (Å²) in [6.45, 7) is 2.10. The monoisotopic (exact) mass is 286 g/mol. The summed E-state index contributed by atoms with van der Waals surface area (Å²) in [5, 5.41) is 0. The molecule has 3 aromatic rings. The molecule has 0 unspecified atom stereocenters. The van der Waals surface area contributed by atoms with Gasteiger partial charge in [0.15, 0.2) is 5.78 Å². The van der Waals surface area contributed by atoms with Crippen molar-refractivity contribution in [3.05, 3.63) is 95.6 Å². The van der Waals surface area contributed by atoms with Gasteiger partial charge in [0.25, 0.3) is 0 Å². The van der Waals surface area contributed by atoms with Crippen molar-refractivity contribution in [1.29, 1.82) is 0 Å². The van der Waals surface area contributed by atoms with Gasteiger partial charge in [0.05, 0.1) is 0 Å². The Labute approximate surface area is 131 Å². The highest BCUT2D eigenvalue weighted by Gasteiger charge is 2.08. The number of hydrogen-bond donors (Lipinski definition) is 0. The predicted molar refractivity (Wildman–Crippen MR) is 91.1 cm³/mol. The van der Waals surface area contributed by atoms with E-state index in [9.17, 15) is 4.79 Å². The van der Waals surface area contributed by atoms with E-state index in [2.05, 4.69) is 19.1 Å². The molecule has 3 rings (SSSR count). The van der Waals surface area contributed by atoms with Crippen LogP contribution in [0.15, 0.2) is 78.9 Å². The summed E-state index contributed by atoms with van der Waals surface area (Å²) in [6.07, 6.45) is 0.449. The number of carbonyl (C=O) groups excluding carboxylic acids is 1. The molecule has 0 saturated carbocycles. The van der Waals surface area contributed by atoms with Crippen LogP contribution in [0.25, 0.3) is 11.1 Å². The van der Waals surface area contributed by atoms with Gasteiger partial charge in [-0.2, -0.15) is 0 Å². The van der Waals surface area contributed by atoms with Crippen molar-refractivity contribution in [2.45, 2.75) is 13.3 Å². The maximum absolute atomic E-state index is 12.3. The minimum absolute atomic E-state index is 0.155. The highest BCUT2D eigenvalue weighted by molar-refractivity contribution is 5.97. The Hall–Kier alpha value is -2.67. The molecule has 0 N–H and O–H groups in total. The Morgan fingerprint density at radius 3 is 2.09 bits per heavy atom. The molecule has 0 heterocycles. The van der Waals surface area contributed by atoms with Crippen molar-refractivity contribution in [3.63, 3.8) is 0 Å². The third kappa shape index (κ3) is 3.15. The molecular formula is C21H18O. The van der Waals surface area contributed by atoms with Gasteiger partial charge in [0.1, 0.15) is 0 Å². The van der Waals surface area contributed by atoms with Crippen molar-refractivity contribution < 1.29 is 4.79 Å². The molecule has 0 aromatic heterocycles. The summed E-state index contributed by atoms with van der Waals surface area (Å²) in [5.74, 6) is 0.155. The van der Waals surface area contributed by atoms with E-state index in [1.807, 2.05) is 66.7 Å².